The van der Waals surface area contributed by atoms with Crippen molar-refractivity contribution in [2.75, 3.05) is 6.79 Å². The molecule has 0 saturated carbocycles. The molecule has 0 atom stereocenters. The van der Waals surface area contributed by atoms with Gasteiger partial charge in [-0.3, -0.25) is 0 Å². The third-order valence-electron chi connectivity index (χ3n) is 2.21. The molecule has 1 heterocycles. The number of hydrogen-bond acceptors (Lipinski definition) is 2. The van der Waals surface area contributed by atoms with Crippen LogP contribution in [-0.4, -0.2) is 6.79 Å². The molecule has 0 fully saturated rings. The third-order valence-corrected chi connectivity index (χ3v) is 2.56. The molecule has 1 aliphatic heterocycles. The van der Waals surface area contributed by atoms with Crippen LogP contribution in [0.1, 0.15) is 19.4 Å². The summed E-state index contributed by atoms with van der Waals surface area (Å²) >= 11 is 6.17. The van der Waals surface area contributed by atoms with E-state index < -0.39 is 0 Å². The summed E-state index contributed by atoms with van der Waals surface area (Å²) in [6.07, 6.45) is 3.86. The van der Waals surface area contributed by atoms with Crippen molar-refractivity contribution in [1.29, 1.82) is 0 Å². The SMILES string of the molecule is CC(C)=C/C=C(/Cl)c1ccc2c(c1)OCO2. The number of hydrogen-bond donors (Lipinski definition) is 0. The van der Waals surface area contributed by atoms with E-state index in [9.17, 15) is 0 Å². The summed E-state index contributed by atoms with van der Waals surface area (Å²) in [6.45, 7) is 4.34. The van der Waals surface area contributed by atoms with Gasteiger partial charge in [-0.05, 0) is 43.7 Å². The topological polar surface area (TPSA) is 18.5 Å². The molecule has 1 aromatic carbocycles. The maximum Gasteiger partial charge on any atom is 0.231 e. The van der Waals surface area contributed by atoms with Crippen LogP contribution in [0.3, 0.4) is 0 Å². The zero-order valence-corrected chi connectivity index (χ0v) is 10.0. The first-order valence-corrected chi connectivity index (χ1v) is 5.45. The molecular formula is C13H13ClO2. The minimum Gasteiger partial charge on any atom is -0.454 e. The fourth-order valence-corrected chi connectivity index (χ4v) is 1.56. The third kappa shape index (κ3) is 2.39. The van der Waals surface area contributed by atoms with Crippen LogP contribution in [0.15, 0.2) is 35.9 Å². The predicted octanol–water partition coefficient (Wildman–Crippen LogP) is 3.96. The van der Waals surface area contributed by atoms with E-state index in [1.807, 2.05) is 44.2 Å². The Labute approximate surface area is 100 Å². The molecule has 0 N–H and O–H groups in total. The van der Waals surface area contributed by atoms with Crippen molar-refractivity contribution in [3.63, 3.8) is 0 Å². The van der Waals surface area contributed by atoms with E-state index in [4.69, 9.17) is 21.1 Å². The van der Waals surface area contributed by atoms with Crippen LogP contribution in [0.25, 0.3) is 5.03 Å². The molecule has 0 unspecified atom stereocenters. The predicted molar refractivity (Wildman–Crippen MR) is 65.8 cm³/mol. The van der Waals surface area contributed by atoms with Gasteiger partial charge in [0.1, 0.15) is 0 Å². The second-order valence-electron chi connectivity index (χ2n) is 3.83. The fourth-order valence-electron chi connectivity index (χ4n) is 1.38. The molecule has 0 spiro atoms. The molecule has 0 aromatic heterocycles. The fraction of sp³-hybridized carbons (Fsp3) is 0.231. The smallest absolute Gasteiger partial charge is 0.231 e. The maximum atomic E-state index is 6.17. The minimum atomic E-state index is 0.286. The summed E-state index contributed by atoms with van der Waals surface area (Å²) in [5.41, 5.74) is 2.14. The van der Waals surface area contributed by atoms with E-state index >= 15 is 0 Å². The van der Waals surface area contributed by atoms with Crippen molar-refractivity contribution in [3.8, 4) is 11.5 Å². The number of rotatable bonds is 2. The molecule has 2 nitrogen and oxygen atoms in total. The van der Waals surface area contributed by atoms with Crippen molar-refractivity contribution >= 4 is 16.6 Å². The summed E-state index contributed by atoms with van der Waals surface area (Å²) in [6, 6.07) is 5.68. The molecule has 1 aliphatic rings. The van der Waals surface area contributed by atoms with Crippen LogP contribution in [0.5, 0.6) is 11.5 Å². The lowest BCUT2D eigenvalue weighted by molar-refractivity contribution is 0.174. The van der Waals surface area contributed by atoms with E-state index in [0.717, 1.165) is 17.1 Å². The van der Waals surface area contributed by atoms with Crippen molar-refractivity contribution < 1.29 is 9.47 Å². The molecule has 16 heavy (non-hydrogen) atoms. The molecule has 84 valence electrons. The first kappa shape index (κ1) is 11.1. The van der Waals surface area contributed by atoms with Crippen LogP contribution in [0.4, 0.5) is 0 Å². The molecule has 3 heteroatoms. The highest BCUT2D eigenvalue weighted by Gasteiger charge is 2.13. The molecule has 1 aromatic rings. The first-order chi connectivity index (χ1) is 7.66. The molecule has 0 amide bonds. The second kappa shape index (κ2) is 4.62. The number of ether oxygens (including phenoxy) is 2. The largest absolute Gasteiger partial charge is 0.454 e. The van der Waals surface area contributed by atoms with Gasteiger partial charge in [-0.15, -0.1) is 0 Å². The van der Waals surface area contributed by atoms with Crippen molar-refractivity contribution in [2.45, 2.75) is 13.8 Å². The van der Waals surface area contributed by atoms with E-state index in [-0.39, 0.29) is 6.79 Å². The van der Waals surface area contributed by atoms with Gasteiger partial charge in [0.15, 0.2) is 11.5 Å². The summed E-state index contributed by atoms with van der Waals surface area (Å²) in [5.74, 6) is 1.52. The minimum absolute atomic E-state index is 0.286. The standard InChI is InChI=1S/C13H13ClO2/c1-9(2)3-5-11(14)10-4-6-12-13(7-10)16-8-15-12/h3-7H,8H2,1-2H3/b11-5+. The van der Waals surface area contributed by atoms with Gasteiger partial charge in [0.05, 0.1) is 0 Å². The average Bonchev–Trinajstić information content (AvgIpc) is 2.72. The van der Waals surface area contributed by atoms with Gasteiger partial charge in [0.25, 0.3) is 0 Å². The van der Waals surface area contributed by atoms with Crippen LogP contribution in [-0.2, 0) is 0 Å². The van der Waals surface area contributed by atoms with Crippen LogP contribution >= 0.6 is 11.6 Å². The molecule has 0 aliphatic carbocycles. The number of benzene rings is 1. The Morgan fingerprint density at radius 3 is 2.69 bits per heavy atom. The Morgan fingerprint density at radius 2 is 1.94 bits per heavy atom. The number of fused-ring (bicyclic) bond motifs is 1. The van der Waals surface area contributed by atoms with E-state index in [1.165, 1.54) is 5.57 Å². The number of halogens is 1. The Kier molecular flexibility index (Phi) is 3.20. The molecule has 0 radical (unpaired) electrons. The monoisotopic (exact) mass is 236 g/mol. The number of allylic oxidation sites excluding steroid dienone is 3. The van der Waals surface area contributed by atoms with Crippen molar-refractivity contribution in [3.05, 3.63) is 41.5 Å². The van der Waals surface area contributed by atoms with E-state index in [1.54, 1.807) is 0 Å². The molecule has 2 rings (SSSR count). The average molecular weight is 237 g/mol. The molecule has 0 bridgehead atoms. The van der Waals surface area contributed by atoms with Gasteiger partial charge in [-0.2, -0.15) is 0 Å². The Hall–Kier alpha value is -1.41. The second-order valence-corrected chi connectivity index (χ2v) is 4.23. The van der Waals surface area contributed by atoms with Crippen molar-refractivity contribution in [1.82, 2.24) is 0 Å². The molecule has 0 saturated heterocycles. The summed E-state index contributed by atoms with van der Waals surface area (Å²) in [4.78, 5) is 0. The van der Waals surface area contributed by atoms with Gasteiger partial charge in [0, 0.05) is 5.03 Å². The van der Waals surface area contributed by atoms with Gasteiger partial charge >= 0.3 is 0 Å². The lowest BCUT2D eigenvalue weighted by atomic mass is 10.1. The van der Waals surface area contributed by atoms with Crippen LogP contribution in [0.2, 0.25) is 0 Å². The quantitative estimate of drug-likeness (QED) is 0.724. The summed E-state index contributed by atoms with van der Waals surface area (Å²) in [7, 11) is 0. The Morgan fingerprint density at radius 1 is 1.19 bits per heavy atom. The highest BCUT2D eigenvalue weighted by Crippen LogP contribution is 2.35. The maximum absolute atomic E-state index is 6.17. The van der Waals surface area contributed by atoms with Crippen LogP contribution in [0, 0.1) is 0 Å². The summed E-state index contributed by atoms with van der Waals surface area (Å²) in [5, 5.41) is 0.694. The zero-order chi connectivity index (χ0) is 11.5. The van der Waals surface area contributed by atoms with Gasteiger partial charge in [0.2, 0.25) is 6.79 Å². The van der Waals surface area contributed by atoms with Gasteiger partial charge in [-0.1, -0.05) is 23.3 Å². The lowest BCUT2D eigenvalue weighted by Crippen LogP contribution is -1.92. The van der Waals surface area contributed by atoms with Gasteiger partial charge in [-0.25, -0.2) is 0 Å². The van der Waals surface area contributed by atoms with Crippen LogP contribution < -0.4 is 9.47 Å². The molecular weight excluding hydrogens is 224 g/mol. The highest BCUT2D eigenvalue weighted by atomic mass is 35.5. The normalized spacial score (nSPS) is 13.8. The van der Waals surface area contributed by atoms with Gasteiger partial charge < -0.3 is 9.47 Å². The summed E-state index contributed by atoms with van der Waals surface area (Å²) < 4.78 is 10.5. The first-order valence-electron chi connectivity index (χ1n) is 5.07. The van der Waals surface area contributed by atoms with E-state index in [2.05, 4.69) is 0 Å². The van der Waals surface area contributed by atoms with E-state index in [0.29, 0.717) is 5.03 Å². The zero-order valence-electron chi connectivity index (χ0n) is 9.29. The Balaban J connectivity index is 2.28. The highest BCUT2D eigenvalue weighted by molar-refractivity contribution is 6.48. The Bertz CT molecular complexity index is 457. The van der Waals surface area contributed by atoms with Crippen molar-refractivity contribution in [2.24, 2.45) is 0 Å². The lowest BCUT2D eigenvalue weighted by Gasteiger charge is -2.00.